The molecular formula is C18H22N4O3. The first-order chi connectivity index (χ1) is 11.9. The Morgan fingerprint density at radius 2 is 2.20 bits per heavy atom. The number of oxime groups is 1. The molecule has 0 bridgehead atoms. The van der Waals surface area contributed by atoms with Gasteiger partial charge in [-0.15, -0.1) is 0 Å². The summed E-state index contributed by atoms with van der Waals surface area (Å²) in [5.41, 5.74) is 2.50. The van der Waals surface area contributed by atoms with E-state index in [9.17, 15) is 4.79 Å². The largest absolute Gasteiger partial charge is 0.496 e. The number of nitrogens with zero attached hydrogens (tertiary/aromatic N) is 3. The molecule has 25 heavy (non-hydrogen) atoms. The summed E-state index contributed by atoms with van der Waals surface area (Å²) in [7, 11) is 3.48. The first-order valence-corrected chi connectivity index (χ1v) is 8.09. The maximum Gasteiger partial charge on any atom is 0.267 e. The van der Waals surface area contributed by atoms with E-state index in [1.807, 2.05) is 38.2 Å². The van der Waals surface area contributed by atoms with Crippen LogP contribution in [0.5, 0.6) is 5.75 Å². The Hall–Kier alpha value is -2.83. The Labute approximate surface area is 146 Å². The van der Waals surface area contributed by atoms with Gasteiger partial charge in [0.15, 0.2) is 0 Å². The van der Waals surface area contributed by atoms with Crippen molar-refractivity contribution in [1.82, 2.24) is 15.1 Å². The quantitative estimate of drug-likeness (QED) is 0.901. The second-order valence-electron chi connectivity index (χ2n) is 6.30. The standard InChI is InChI=1S/C18H22N4O3/c1-12-13(11-20-22(12)3)10-19-17(23)18(2)9-15(21-25-18)14-7-5-6-8-16(14)24-4/h5-8,11H,9-10H2,1-4H3,(H,19,23)/t18-/m0/s1. The number of aromatic nitrogens is 2. The molecule has 0 radical (unpaired) electrons. The second-order valence-corrected chi connectivity index (χ2v) is 6.30. The molecule has 7 nitrogen and oxygen atoms in total. The van der Waals surface area contributed by atoms with Gasteiger partial charge in [-0.2, -0.15) is 5.10 Å². The van der Waals surface area contributed by atoms with Crippen molar-refractivity contribution in [1.29, 1.82) is 0 Å². The predicted octanol–water partition coefficient (Wildman–Crippen LogP) is 1.94. The number of amides is 1. The molecule has 132 valence electrons. The summed E-state index contributed by atoms with van der Waals surface area (Å²) in [5.74, 6) is 0.505. The summed E-state index contributed by atoms with van der Waals surface area (Å²) in [4.78, 5) is 18.1. The van der Waals surface area contributed by atoms with Crippen molar-refractivity contribution in [3.63, 3.8) is 0 Å². The molecule has 2 aromatic rings. The molecule has 1 aromatic heterocycles. The molecule has 3 rings (SSSR count). The minimum Gasteiger partial charge on any atom is -0.496 e. The Morgan fingerprint density at radius 1 is 1.44 bits per heavy atom. The number of nitrogens with one attached hydrogen (secondary N) is 1. The zero-order valence-corrected chi connectivity index (χ0v) is 14.9. The highest BCUT2D eigenvalue weighted by molar-refractivity contribution is 6.07. The molecule has 0 fully saturated rings. The lowest BCUT2D eigenvalue weighted by Crippen LogP contribution is -2.44. The molecule has 1 atom stereocenters. The van der Waals surface area contributed by atoms with Crippen molar-refractivity contribution in [3.8, 4) is 5.75 Å². The smallest absolute Gasteiger partial charge is 0.267 e. The SMILES string of the molecule is COc1ccccc1C1=NO[C@](C)(C(=O)NCc2cnn(C)c2C)C1. The molecule has 0 aliphatic carbocycles. The highest BCUT2D eigenvalue weighted by Crippen LogP contribution is 2.30. The molecule has 1 amide bonds. The number of ether oxygens (including phenoxy) is 1. The normalized spacial score (nSPS) is 19.3. The van der Waals surface area contributed by atoms with E-state index in [0.29, 0.717) is 24.4 Å². The van der Waals surface area contributed by atoms with Crippen LogP contribution in [0.3, 0.4) is 0 Å². The summed E-state index contributed by atoms with van der Waals surface area (Å²) in [6.45, 7) is 4.11. The zero-order valence-electron chi connectivity index (χ0n) is 14.9. The number of hydrogen-bond donors (Lipinski definition) is 1. The summed E-state index contributed by atoms with van der Waals surface area (Å²) < 4.78 is 7.14. The average molecular weight is 342 g/mol. The van der Waals surface area contributed by atoms with Crippen molar-refractivity contribution in [2.75, 3.05) is 7.11 Å². The highest BCUT2D eigenvalue weighted by Gasteiger charge is 2.42. The van der Waals surface area contributed by atoms with E-state index in [1.54, 1.807) is 24.9 Å². The third-order valence-corrected chi connectivity index (χ3v) is 4.54. The van der Waals surface area contributed by atoms with Crippen LogP contribution in [0.2, 0.25) is 0 Å². The highest BCUT2D eigenvalue weighted by atomic mass is 16.7. The second kappa shape index (κ2) is 6.58. The Balaban J connectivity index is 1.67. The van der Waals surface area contributed by atoms with Gasteiger partial charge in [0.25, 0.3) is 5.91 Å². The molecular weight excluding hydrogens is 320 g/mol. The Bertz CT molecular complexity index is 827. The minimum absolute atomic E-state index is 0.204. The molecule has 1 N–H and O–H groups in total. The average Bonchev–Trinajstić information content (AvgIpc) is 3.17. The third kappa shape index (κ3) is 3.22. The number of hydrogen-bond acceptors (Lipinski definition) is 5. The van der Waals surface area contributed by atoms with Gasteiger partial charge in [0.1, 0.15) is 5.75 Å². The van der Waals surface area contributed by atoms with Gasteiger partial charge in [-0.05, 0) is 26.0 Å². The van der Waals surface area contributed by atoms with Crippen molar-refractivity contribution in [2.24, 2.45) is 12.2 Å². The number of aryl methyl sites for hydroxylation is 1. The Kier molecular flexibility index (Phi) is 4.48. The van der Waals surface area contributed by atoms with Crippen molar-refractivity contribution < 1.29 is 14.4 Å². The summed E-state index contributed by atoms with van der Waals surface area (Å²) in [6, 6.07) is 7.56. The number of carbonyl (C=O) groups excluding carboxylic acids is 1. The van der Waals surface area contributed by atoms with Gasteiger partial charge < -0.3 is 14.9 Å². The van der Waals surface area contributed by atoms with Crippen LogP contribution in [-0.2, 0) is 23.2 Å². The number of benzene rings is 1. The van der Waals surface area contributed by atoms with E-state index < -0.39 is 5.60 Å². The fraction of sp³-hybridized carbons (Fsp3) is 0.389. The van der Waals surface area contributed by atoms with Crippen LogP contribution >= 0.6 is 0 Å². The molecule has 0 saturated heterocycles. The third-order valence-electron chi connectivity index (χ3n) is 4.54. The van der Waals surface area contributed by atoms with Gasteiger partial charge in [-0.3, -0.25) is 9.48 Å². The molecule has 0 saturated carbocycles. The molecule has 7 heteroatoms. The predicted molar refractivity (Wildman–Crippen MR) is 93.4 cm³/mol. The fourth-order valence-corrected chi connectivity index (χ4v) is 2.77. The van der Waals surface area contributed by atoms with E-state index in [-0.39, 0.29) is 5.91 Å². The van der Waals surface area contributed by atoms with Crippen LogP contribution in [0.15, 0.2) is 35.6 Å². The van der Waals surface area contributed by atoms with Gasteiger partial charge in [0, 0.05) is 36.8 Å². The molecule has 1 aliphatic heterocycles. The summed E-state index contributed by atoms with van der Waals surface area (Å²) in [5, 5.41) is 11.2. The molecule has 0 unspecified atom stereocenters. The van der Waals surface area contributed by atoms with Crippen LogP contribution in [0, 0.1) is 6.92 Å². The molecule has 0 spiro atoms. The monoisotopic (exact) mass is 342 g/mol. The van der Waals surface area contributed by atoms with E-state index in [0.717, 1.165) is 16.8 Å². The van der Waals surface area contributed by atoms with Crippen LogP contribution in [0.1, 0.15) is 30.2 Å². The lowest BCUT2D eigenvalue weighted by molar-refractivity contribution is -0.141. The van der Waals surface area contributed by atoms with Crippen molar-refractivity contribution >= 4 is 11.6 Å². The number of rotatable bonds is 5. The van der Waals surface area contributed by atoms with E-state index in [2.05, 4.69) is 15.6 Å². The molecule has 1 aliphatic rings. The van der Waals surface area contributed by atoms with Gasteiger partial charge in [-0.1, -0.05) is 17.3 Å². The maximum atomic E-state index is 12.6. The van der Waals surface area contributed by atoms with Gasteiger partial charge in [-0.25, -0.2) is 0 Å². The van der Waals surface area contributed by atoms with Crippen molar-refractivity contribution in [3.05, 3.63) is 47.3 Å². The summed E-state index contributed by atoms with van der Waals surface area (Å²) in [6.07, 6.45) is 2.13. The molecule has 2 heterocycles. The number of carbonyl (C=O) groups is 1. The zero-order chi connectivity index (χ0) is 18.0. The molecule has 1 aromatic carbocycles. The van der Waals surface area contributed by atoms with E-state index >= 15 is 0 Å². The van der Waals surface area contributed by atoms with Gasteiger partial charge in [0.2, 0.25) is 5.60 Å². The van der Waals surface area contributed by atoms with Crippen molar-refractivity contribution in [2.45, 2.75) is 32.4 Å². The van der Waals surface area contributed by atoms with Crippen LogP contribution in [-0.4, -0.2) is 34.1 Å². The first-order valence-electron chi connectivity index (χ1n) is 8.09. The topological polar surface area (TPSA) is 77.7 Å². The van der Waals surface area contributed by atoms with Crippen LogP contribution < -0.4 is 10.1 Å². The maximum absolute atomic E-state index is 12.6. The number of methoxy groups -OCH3 is 1. The number of para-hydroxylation sites is 1. The lowest BCUT2D eigenvalue weighted by atomic mass is 9.94. The van der Waals surface area contributed by atoms with E-state index in [1.165, 1.54) is 0 Å². The minimum atomic E-state index is -1.04. The van der Waals surface area contributed by atoms with Crippen LogP contribution in [0.4, 0.5) is 0 Å². The van der Waals surface area contributed by atoms with E-state index in [4.69, 9.17) is 9.57 Å². The first kappa shape index (κ1) is 17.0. The summed E-state index contributed by atoms with van der Waals surface area (Å²) >= 11 is 0. The fourth-order valence-electron chi connectivity index (χ4n) is 2.77. The lowest BCUT2D eigenvalue weighted by Gasteiger charge is -2.20. The Morgan fingerprint density at radius 3 is 2.88 bits per heavy atom. The van der Waals surface area contributed by atoms with Gasteiger partial charge in [0.05, 0.1) is 19.0 Å². The van der Waals surface area contributed by atoms with Crippen LogP contribution in [0.25, 0.3) is 0 Å². The van der Waals surface area contributed by atoms with Gasteiger partial charge >= 0.3 is 0 Å².